The highest BCUT2D eigenvalue weighted by Gasteiger charge is 2.69. The van der Waals surface area contributed by atoms with Crippen molar-refractivity contribution < 1.29 is 28.9 Å². The molecule has 0 aliphatic heterocycles. The maximum Gasteiger partial charge on any atom is 0.309 e. The van der Waals surface area contributed by atoms with Crippen LogP contribution in [0.25, 0.3) is 0 Å². The number of carbonyl (C=O) groups is 2. The van der Waals surface area contributed by atoms with Crippen molar-refractivity contribution in [1.82, 2.24) is 0 Å². The number of fused-ring (bicyclic) bond motifs is 1. The molecule has 0 unspecified atom stereocenters. The predicted molar refractivity (Wildman–Crippen MR) is 62.8 cm³/mol. The molecule has 7 nitrogen and oxygen atoms in total. The second-order valence-corrected chi connectivity index (χ2v) is 5.05. The first kappa shape index (κ1) is 14.2. The highest BCUT2D eigenvalue weighted by atomic mass is 16.6. The van der Waals surface area contributed by atoms with Crippen molar-refractivity contribution >= 4 is 11.9 Å². The van der Waals surface area contributed by atoms with E-state index in [9.17, 15) is 14.7 Å². The lowest BCUT2D eigenvalue weighted by atomic mass is 9.88. The van der Waals surface area contributed by atoms with Gasteiger partial charge in [0, 0.05) is 26.0 Å². The van der Waals surface area contributed by atoms with Gasteiger partial charge in [0.05, 0.1) is 19.1 Å². The first-order valence-corrected chi connectivity index (χ1v) is 6.15. The van der Waals surface area contributed by atoms with Gasteiger partial charge in [-0.05, 0) is 5.92 Å². The third kappa shape index (κ3) is 2.22. The second kappa shape index (κ2) is 5.07. The molecule has 2 fully saturated rings. The SMILES string of the molecule is COC(=O)[C@@H]1[C@H]2[C@@H](N)[C@H](O)[C@@H](OC)[C@H](OC(C)=O)[C@@H]12. The fraction of sp³-hybridized carbons (Fsp3) is 0.833. The van der Waals surface area contributed by atoms with Gasteiger partial charge in [-0.1, -0.05) is 0 Å². The first-order chi connectivity index (χ1) is 8.93. The summed E-state index contributed by atoms with van der Waals surface area (Å²) < 4.78 is 15.1. The number of methoxy groups -OCH3 is 2. The van der Waals surface area contributed by atoms with Crippen LogP contribution < -0.4 is 5.73 Å². The minimum Gasteiger partial charge on any atom is -0.469 e. The van der Waals surface area contributed by atoms with Crippen LogP contribution in [0.1, 0.15) is 6.92 Å². The van der Waals surface area contributed by atoms with Crippen molar-refractivity contribution in [3.8, 4) is 0 Å². The molecule has 2 aliphatic rings. The van der Waals surface area contributed by atoms with Gasteiger partial charge in [0.15, 0.2) is 0 Å². The van der Waals surface area contributed by atoms with E-state index in [0.717, 1.165) is 0 Å². The third-order valence-corrected chi connectivity index (χ3v) is 4.06. The average Bonchev–Trinajstić information content (AvgIpc) is 3.10. The molecule has 7 heteroatoms. The Morgan fingerprint density at radius 2 is 1.79 bits per heavy atom. The van der Waals surface area contributed by atoms with Crippen LogP contribution in [0.2, 0.25) is 0 Å². The normalized spacial score (nSPS) is 44.2. The minimum absolute atomic E-state index is 0.238. The monoisotopic (exact) mass is 273 g/mol. The van der Waals surface area contributed by atoms with Crippen LogP contribution in [0.3, 0.4) is 0 Å². The number of carbonyl (C=O) groups excluding carboxylic acids is 2. The summed E-state index contributed by atoms with van der Waals surface area (Å²) in [4.78, 5) is 22.8. The van der Waals surface area contributed by atoms with E-state index >= 15 is 0 Å². The minimum atomic E-state index is -0.981. The van der Waals surface area contributed by atoms with Crippen molar-refractivity contribution in [3.63, 3.8) is 0 Å². The molecule has 0 spiro atoms. The van der Waals surface area contributed by atoms with Crippen LogP contribution in [-0.2, 0) is 23.8 Å². The molecular formula is C12H19NO6. The van der Waals surface area contributed by atoms with E-state index < -0.39 is 42.2 Å². The molecule has 0 aromatic heterocycles. The van der Waals surface area contributed by atoms with Gasteiger partial charge in [-0.2, -0.15) is 0 Å². The third-order valence-electron chi connectivity index (χ3n) is 4.06. The molecule has 0 amide bonds. The molecule has 2 rings (SSSR count). The number of ether oxygens (including phenoxy) is 3. The van der Waals surface area contributed by atoms with Crippen LogP contribution >= 0.6 is 0 Å². The molecule has 0 aromatic rings. The molecule has 3 N–H and O–H groups in total. The van der Waals surface area contributed by atoms with Crippen LogP contribution in [0.5, 0.6) is 0 Å². The molecule has 19 heavy (non-hydrogen) atoms. The average molecular weight is 273 g/mol. The number of aliphatic hydroxyl groups excluding tert-OH is 1. The molecule has 0 aromatic carbocycles. The molecule has 0 radical (unpaired) electrons. The standard InChI is InChI=1S/C12H19NO6/c1-4(14)19-10-6-5(7(6)12(16)18-3)8(13)9(15)11(10)17-2/h5-11,15H,13H2,1-3H3/t5-,6+,7+,8+,9-,10+,11+/m0/s1. The Balaban J connectivity index is 2.24. The van der Waals surface area contributed by atoms with Crippen molar-refractivity contribution in [2.24, 2.45) is 23.5 Å². The van der Waals surface area contributed by atoms with E-state index in [1.807, 2.05) is 0 Å². The molecule has 2 saturated carbocycles. The largest absolute Gasteiger partial charge is 0.469 e. The van der Waals surface area contributed by atoms with Gasteiger partial charge in [0.25, 0.3) is 0 Å². The number of nitrogens with two attached hydrogens (primary N) is 1. The maximum atomic E-state index is 11.7. The Bertz CT molecular complexity index is 386. The number of esters is 2. The smallest absolute Gasteiger partial charge is 0.309 e. The quantitative estimate of drug-likeness (QED) is 0.613. The van der Waals surface area contributed by atoms with Crippen LogP contribution in [0.4, 0.5) is 0 Å². The topological polar surface area (TPSA) is 108 Å². The van der Waals surface area contributed by atoms with Crippen molar-refractivity contribution in [2.45, 2.75) is 31.3 Å². The number of hydrogen-bond donors (Lipinski definition) is 2. The predicted octanol–water partition coefficient (Wildman–Crippen LogP) is -1.33. The zero-order valence-corrected chi connectivity index (χ0v) is 11.1. The van der Waals surface area contributed by atoms with E-state index in [2.05, 4.69) is 0 Å². The molecule has 2 aliphatic carbocycles. The van der Waals surface area contributed by atoms with Crippen LogP contribution in [-0.4, -0.2) is 55.6 Å². The number of aliphatic hydroxyl groups is 1. The zero-order valence-electron chi connectivity index (χ0n) is 11.1. The zero-order chi connectivity index (χ0) is 14.3. The number of hydrogen-bond acceptors (Lipinski definition) is 7. The summed E-state index contributed by atoms with van der Waals surface area (Å²) in [6.07, 6.45) is -2.38. The van der Waals surface area contributed by atoms with E-state index in [1.165, 1.54) is 21.1 Å². The summed E-state index contributed by atoms with van der Waals surface area (Å²) in [7, 11) is 2.70. The second-order valence-electron chi connectivity index (χ2n) is 5.05. The molecular weight excluding hydrogens is 254 g/mol. The van der Waals surface area contributed by atoms with E-state index in [0.29, 0.717) is 0 Å². The molecule has 0 bridgehead atoms. The summed E-state index contributed by atoms with van der Waals surface area (Å²) in [6.45, 7) is 1.28. The molecule has 7 atom stereocenters. The van der Waals surface area contributed by atoms with Gasteiger partial charge < -0.3 is 25.1 Å². The summed E-state index contributed by atoms with van der Waals surface area (Å²) in [5, 5.41) is 10.1. The lowest BCUT2D eigenvalue weighted by Gasteiger charge is -2.36. The van der Waals surface area contributed by atoms with E-state index in [-0.39, 0.29) is 11.8 Å². The molecule has 0 saturated heterocycles. The Labute approximate surface area is 111 Å². The highest BCUT2D eigenvalue weighted by Crippen LogP contribution is 2.56. The van der Waals surface area contributed by atoms with Crippen molar-refractivity contribution in [2.75, 3.05) is 14.2 Å². The summed E-state index contributed by atoms with van der Waals surface area (Å²) in [6, 6.07) is -0.592. The Hall–Kier alpha value is -1.18. The number of rotatable bonds is 3. The van der Waals surface area contributed by atoms with E-state index in [1.54, 1.807) is 0 Å². The van der Waals surface area contributed by atoms with Crippen molar-refractivity contribution in [3.05, 3.63) is 0 Å². The fourth-order valence-electron chi connectivity index (χ4n) is 3.20. The van der Waals surface area contributed by atoms with Crippen LogP contribution in [0, 0.1) is 17.8 Å². The van der Waals surface area contributed by atoms with Gasteiger partial charge in [-0.15, -0.1) is 0 Å². The molecule has 0 heterocycles. The van der Waals surface area contributed by atoms with Gasteiger partial charge in [-0.3, -0.25) is 9.59 Å². The molecule has 108 valence electrons. The summed E-state index contributed by atoms with van der Waals surface area (Å²) in [5.41, 5.74) is 5.93. The van der Waals surface area contributed by atoms with Gasteiger partial charge in [0.1, 0.15) is 12.2 Å². The fourth-order valence-corrected chi connectivity index (χ4v) is 3.20. The van der Waals surface area contributed by atoms with Crippen molar-refractivity contribution in [1.29, 1.82) is 0 Å². The summed E-state index contributed by atoms with van der Waals surface area (Å²) >= 11 is 0. The lowest BCUT2D eigenvalue weighted by Crippen LogP contribution is -2.56. The van der Waals surface area contributed by atoms with Gasteiger partial charge in [-0.25, -0.2) is 0 Å². The van der Waals surface area contributed by atoms with E-state index in [4.69, 9.17) is 19.9 Å². The summed E-state index contributed by atoms with van der Waals surface area (Å²) in [5.74, 6) is -1.81. The lowest BCUT2D eigenvalue weighted by molar-refractivity contribution is -0.170. The highest BCUT2D eigenvalue weighted by molar-refractivity contribution is 5.77. The Morgan fingerprint density at radius 3 is 2.26 bits per heavy atom. The Kier molecular flexibility index (Phi) is 3.80. The maximum absolute atomic E-state index is 11.7. The van der Waals surface area contributed by atoms with Crippen LogP contribution in [0.15, 0.2) is 0 Å². The van der Waals surface area contributed by atoms with Gasteiger partial charge in [0.2, 0.25) is 0 Å². The van der Waals surface area contributed by atoms with Gasteiger partial charge >= 0.3 is 11.9 Å². The first-order valence-electron chi connectivity index (χ1n) is 6.15. The Morgan fingerprint density at radius 1 is 1.16 bits per heavy atom.